The van der Waals surface area contributed by atoms with Crippen molar-refractivity contribution in [2.45, 2.75) is 55.8 Å². The van der Waals surface area contributed by atoms with Crippen LogP contribution in [0.1, 0.15) is 32.8 Å². The van der Waals surface area contributed by atoms with Crippen LogP contribution in [0.3, 0.4) is 0 Å². The molecule has 3 saturated heterocycles. The standard InChI is InChI=1S/C29H34ClN3O4S/c1-16(2)21(15-34)33-25(27(36)32-20-11-9-19(30)10-12-20)29-17(3)13-22(38-29)23(24(29)28(33)37)26(35)31-14-18-7-5-4-6-8-18/h4-12,16-17,21-25,34H,13-15H2,1-3H3,(H,31,35)(H,32,36)/t17?,21-,22+,23-,24-,25?,29?/m0/s1. The first kappa shape index (κ1) is 27.0. The summed E-state index contributed by atoms with van der Waals surface area (Å²) in [6, 6.07) is 15.2. The Kier molecular flexibility index (Phi) is 7.50. The third kappa shape index (κ3) is 4.40. The summed E-state index contributed by atoms with van der Waals surface area (Å²) in [5, 5.41) is 16.9. The zero-order chi connectivity index (χ0) is 27.2. The highest BCUT2D eigenvalue weighted by Crippen LogP contribution is 2.69. The first-order valence-corrected chi connectivity index (χ1v) is 14.4. The molecule has 0 aromatic heterocycles. The van der Waals surface area contributed by atoms with E-state index in [2.05, 4.69) is 17.6 Å². The van der Waals surface area contributed by atoms with Crippen LogP contribution in [0.5, 0.6) is 0 Å². The molecule has 3 heterocycles. The molecule has 3 aliphatic heterocycles. The largest absolute Gasteiger partial charge is 0.394 e. The Morgan fingerprint density at radius 3 is 2.45 bits per heavy atom. The van der Waals surface area contributed by atoms with Gasteiger partial charge in [-0.25, -0.2) is 0 Å². The zero-order valence-electron chi connectivity index (χ0n) is 21.8. The molecule has 3 unspecified atom stereocenters. The topological polar surface area (TPSA) is 98.7 Å². The number of nitrogens with zero attached hydrogens (tertiary/aromatic N) is 1. The maximum absolute atomic E-state index is 14.2. The molecular formula is C29H34ClN3O4S. The molecule has 3 N–H and O–H groups in total. The van der Waals surface area contributed by atoms with E-state index in [-0.39, 0.29) is 41.4 Å². The molecule has 1 spiro atoms. The molecule has 2 aromatic rings. The second-order valence-corrected chi connectivity index (χ2v) is 13.0. The van der Waals surface area contributed by atoms with Crippen LogP contribution in [-0.4, -0.2) is 56.4 Å². The summed E-state index contributed by atoms with van der Waals surface area (Å²) in [6.07, 6.45) is 0.752. The minimum atomic E-state index is -0.813. The summed E-state index contributed by atoms with van der Waals surface area (Å²) in [5.74, 6) is -1.86. The van der Waals surface area contributed by atoms with Gasteiger partial charge in [-0.05, 0) is 48.1 Å². The molecule has 7 nitrogen and oxygen atoms in total. The maximum Gasteiger partial charge on any atom is 0.248 e. The first-order valence-electron chi connectivity index (χ1n) is 13.2. The third-order valence-corrected chi connectivity index (χ3v) is 10.8. The van der Waals surface area contributed by atoms with Crippen molar-refractivity contribution in [3.8, 4) is 0 Å². The SMILES string of the molecule is CC(C)[C@H](CO)N1C(=O)[C@@H]2[C@@H](C(=O)NCc3ccccc3)[C@H]3CC(C)C2(S3)C1C(=O)Nc1ccc(Cl)cc1. The van der Waals surface area contributed by atoms with Gasteiger partial charge in [-0.3, -0.25) is 14.4 Å². The van der Waals surface area contributed by atoms with Crippen molar-refractivity contribution < 1.29 is 19.5 Å². The van der Waals surface area contributed by atoms with E-state index in [1.165, 1.54) is 0 Å². The van der Waals surface area contributed by atoms with Crippen molar-refractivity contribution in [3.63, 3.8) is 0 Å². The van der Waals surface area contributed by atoms with Gasteiger partial charge in [0.1, 0.15) is 6.04 Å². The minimum absolute atomic E-state index is 0.0436. The Balaban J connectivity index is 1.50. The Hall–Kier alpha value is -2.55. The monoisotopic (exact) mass is 555 g/mol. The van der Waals surface area contributed by atoms with Crippen LogP contribution in [0.25, 0.3) is 0 Å². The van der Waals surface area contributed by atoms with E-state index in [1.807, 2.05) is 44.2 Å². The quantitative estimate of drug-likeness (QED) is 0.458. The predicted molar refractivity (Wildman–Crippen MR) is 150 cm³/mol. The number of aliphatic hydroxyl groups is 1. The van der Waals surface area contributed by atoms with Gasteiger partial charge in [-0.2, -0.15) is 0 Å². The van der Waals surface area contributed by atoms with Gasteiger partial charge in [-0.15, -0.1) is 11.8 Å². The number of thioether (sulfide) groups is 1. The van der Waals surface area contributed by atoms with Crippen LogP contribution in [0, 0.1) is 23.7 Å². The highest BCUT2D eigenvalue weighted by Gasteiger charge is 2.76. The van der Waals surface area contributed by atoms with Gasteiger partial charge in [0.05, 0.1) is 29.2 Å². The number of carbonyl (C=O) groups is 3. The zero-order valence-corrected chi connectivity index (χ0v) is 23.3. The Labute approximate surface area is 232 Å². The summed E-state index contributed by atoms with van der Waals surface area (Å²) in [7, 11) is 0. The van der Waals surface area contributed by atoms with Crippen LogP contribution in [0.2, 0.25) is 5.02 Å². The number of carbonyl (C=O) groups excluding carboxylic acids is 3. The van der Waals surface area contributed by atoms with Gasteiger partial charge in [0, 0.05) is 22.5 Å². The molecule has 3 aliphatic rings. The summed E-state index contributed by atoms with van der Waals surface area (Å²) in [5.41, 5.74) is 1.57. The Morgan fingerprint density at radius 2 is 1.82 bits per heavy atom. The van der Waals surface area contributed by atoms with Crippen LogP contribution >= 0.6 is 23.4 Å². The number of hydrogen-bond acceptors (Lipinski definition) is 5. The molecule has 0 radical (unpaired) electrons. The van der Waals surface area contributed by atoms with Crippen molar-refractivity contribution in [1.82, 2.24) is 10.2 Å². The third-order valence-electron chi connectivity index (χ3n) is 8.47. The van der Waals surface area contributed by atoms with Gasteiger partial charge in [0.25, 0.3) is 0 Å². The summed E-state index contributed by atoms with van der Waals surface area (Å²) in [6.45, 7) is 6.08. The lowest BCUT2D eigenvalue weighted by Gasteiger charge is -2.40. The number of nitrogens with one attached hydrogen (secondary N) is 2. The molecule has 0 saturated carbocycles. The molecule has 38 heavy (non-hydrogen) atoms. The van der Waals surface area contributed by atoms with Crippen molar-refractivity contribution in [2.24, 2.45) is 23.7 Å². The van der Waals surface area contributed by atoms with E-state index in [4.69, 9.17) is 11.6 Å². The molecule has 9 heteroatoms. The van der Waals surface area contributed by atoms with E-state index < -0.39 is 28.7 Å². The van der Waals surface area contributed by atoms with Crippen molar-refractivity contribution >= 4 is 46.8 Å². The number of likely N-dealkylation sites (tertiary alicyclic amines) is 1. The summed E-state index contributed by atoms with van der Waals surface area (Å²) < 4.78 is -0.755. The second-order valence-electron chi connectivity index (χ2n) is 11.0. The van der Waals surface area contributed by atoms with Gasteiger partial charge in [0.15, 0.2) is 0 Å². The van der Waals surface area contributed by atoms with Gasteiger partial charge in [0.2, 0.25) is 17.7 Å². The summed E-state index contributed by atoms with van der Waals surface area (Å²) >= 11 is 7.66. The van der Waals surface area contributed by atoms with E-state index in [1.54, 1.807) is 40.9 Å². The average molecular weight is 556 g/mol. The van der Waals surface area contributed by atoms with Crippen LogP contribution in [-0.2, 0) is 20.9 Å². The van der Waals surface area contributed by atoms with Crippen LogP contribution in [0.4, 0.5) is 5.69 Å². The number of fused-ring (bicyclic) bond motifs is 1. The lowest BCUT2D eigenvalue weighted by Crippen LogP contribution is -2.58. The minimum Gasteiger partial charge on any atom is -0.394 e. The molecule has 5 rings (SSSR count). The lowest BCUT2D eigenvalue weighted by atomic mass is 9.66. The fourth-order valence-corrected chi connectivity index (χ4v) is 9.22. The number of benzene rings is 2. The number of halogens is 1. The summed E-state index contributed by atoms with van der Waals surface area (Å²) in [4.78, 5) is 43.5. The van der Waals surface area contributed by atoms with Crippen LogP contribution < -0.4 is 10.6 Å². The molecule has 2 bridgehead atoms. The molecular weight excluding hydrogens is 522 g/mol. The lowest BCUT2D eigenvalue weighted by molar-refractivity contribution is -0.143. The highest BCUT2D eigenvalue weighted by molar-refractivity contribution is 8.02. The number of anilines is 1. The molecule has 202 valence electrons. The molecule has 2 aromatic carbocycles. The van der Waals surface area contributed by atoms with Gasteiger partial charge >= 0.3 is 0 Å². The second kappa shape index (κ2) is 10.5. The Morgan fingerprint density at radius 1 is 1.13 bits per heavy atom. The smallest absolute Gasteiger partial charge is 0.248 e. The fraction of sp³-hybridized carbons (Fsp3) is 0.483. The highest BCUT2D eigenvalue weighted by atomic mass is 35.5. The molecule has 0 aliphatic carbocycles. The number of amides is 3. The van der Waals surface area contributed by atoms with E-state index in [0.29, 0.717) is 17.3 Å². The number of aliphatic hydroxyl groups excluding tert-OH is 1. The predicted octanol–water partition coefficient (Wildman–Crippen LogP) is 3.95. The molecule has 3 fully saturated rings. The number of hydrogen-bond donors (Lipinski definition) is 3. The fourth-order valence-electron chi connectivity index (χ4n) is 6.68. The molecule has 3 amide bonds. The van der Waals surface area contributed by atoms with E-state index in [9.17, 15) is 19.5 Å². The van der Waals surface area contributed by atoms with Crippen LogP contribution in [0.15, 0.2) is 54.6 Å². The average Bonchev–Trinajstić information content (AvgIpc) is 3.49. The Bertz CT molecular complexity index is 1210. The maximum atomic E-state index is 14.2. The van der Waals surface area contributed by atoms with Gasteiger partial charge in [-0.1, -0.05) is 62.7 Å². The van der Waals surface area contributed by atoms with Crippen molar-refractivity contribution in [2.75, 3.05) is 11.9 Å². The van der Waals surface area contributed by atoms with E-state index in [0.717, 1.165) is 12.0 Å². The van der Waals surface area contributed by atoms with Gasteiger partial charge < -0.3 is 20.6 Å². The number of rotatable bonds is 8. The first-order chi connectivity index (χ1) is 18.2. The molecule has 7 atom stereocenters. The van der Waals surface area contributed by atoms with Crippen molar-refractivity contribution in [1.29, 1.82) is 0 Å². The normalized spacial score (nSPS) is 30.4. The van der Waals surface area contributed by atoms with Crippen molar-refractivity contribution in [3.05, 3.63) is 65.2 Å². The van der Waals surface area contributed by atoms with E-state index >= 15 is 0 Å².